The van der Waals surface area contributed by atoms with Crippen LogP contribution in [0.4, 0.5) is 11.6 Å². The SMILES string of the molecule is COc1ccc(NC(=O)COc2ccc(Br)cc2[C@@H]2CC(=O)Nc3ncnn32)cc1. The molecule has 0 spiro atoms. The van der Waals surface area contributed by atoms with Gasteiger partial charge in [-0.1, -0.05) is 15.9 Å². The number of nitrogens with zero attached hydrogens (tertiary/aromatic N) is 3. The van der Waals surface area contributed by atoms with Crippen LogP contribution in [0.3, 0.4) is 0 Å². The van der Waals surface area contributed by atoms with Crippen molar-refractivity contribution in [3.05, 3.63) is 58.8 Å². The molecule has 2 N–H and O–H groups in total. The molecule has 9 nitrogen and oxygen atoms in total. The molecule has 0 aliphatic carbocycles. The predicted octanol–water partition coefficient (Wildman–Crippen LogP) is 3.00. The van der Waals surface area contributed by atoms with E-state index in [-0.39, 0.29) is 24.8 Å². The van der Waals surface area contributed by atoms with Crippen molar-refractivity contribution in [1.82, 2.24) is 14.8 Å². The average molecular weight is 472 g/mol. The summed E-state index contributed by atoms with van der Waals surface area (Å²) in [5, 5.41) is 9.67. The van der Waals surface area contributed by atoms with Crippen LogP contribution < -0.4 is 20.1 Å². The minimum Gasteiger partial charge on any atom is -0.497 e. The van der Waals surface area contributed by atoms with E-state index in [0.29, 0.717) is 23.1 Å². The average Bonchev–Trinajstić information content (AvgIpc) is 3.21. The Balaban J connectivity index is 1.50. The van der Waals surface area contributed by atoms with Crippen molar-refractivity contribution < 1.29 is 19.1 Å². The second kappa shape index (κ2) is 8.54. The van der Waals surface area contributed by atoms with Gasteiger partial charge >= 0.3 is 0 Å². The molecule has 4 rings (SSSR count). The van der Waals surface area contributed by atoms with E-state index in [2.05, 4.69) is 36.6 Å². The molecular weight excluding hydrogens is 454 g/mol. The molecule has 0 radical (unpaired) electrons. The van der Waals surface area contributed by atoms with Crippen molar-refractivity contribution in [2.45, 2.75) is 12.5 Å². The topological polar surface area (TPSA) is 107 Å². The summed E-state index contributed by atoms with van der Waals surface area (Å²) in [6.45, 7) is -0.191. The molecule has 0 unspecified atom stereocenters. The first kappa shape index (κ1) is 19.9. The third-order valence-corrected chi connectivity index (χ3v) is 5.05. The highest BCUT2D eigenvalue weighted by atomic mass is 79.9. The van der Waals surface area contributed by atoms with Crippen LogP contribution in [0.2, 0.25) is 0 Å². The largest absolute Gasteiger partial charge is 0.497 e. The molecule has 0 bridgehead atoms. The van der Waals surface area contributed by atoms with Crippen LogP contribution in [0, 0.1) is 0 Å². The lowest BCUT2D eigenvalue weighted by Gasteiger charge is -2.25. The number of carbonyl (C=O) groups is 2. The van der Waals surface area contributed by atoms with Gasteiger partial charge in [-0.25, -0.2) is 4.68 Å². The van der Waals surface area contributed by atoms with Crippen molar-refractivity contribution in [2.75, 3.05) is 24.4 Å². The molecule has 1 atom stereocenters. The smallest absolute Gasteiger partial charge is 0.262 e. The molecule has 30 heavy (non-hydrogen) atoms. The Kier molecular flexibility index (Phi) is 5.66. The Morgan fingerprint density at radius 2 is 2.10 bits per heavy atom. The van der Waals surface area contributed by atoms with Crippen molar-refractivity contribution in [2.24, 2.45) is 0 Å². The van der Waals surface area contributed by atoms with Crippen molar-refractivity contribution in [3.8, 4) is 11.5 Å². The van der Waals surface area contributed by atoms with Crippen LogP contribution in [0.25, 0.3) is 0 Å². The lowest BCUT2D eigenvalue weighted by molar-refractivity contribution is -0.118. The predicted molar refractivity (Wildman–Crippen MR) is 113 cm³/mol. The van der Waals surface area contributed by atoms with E-state index in [0.717, 1.165) is 10.0 Å². The van der Waals surface area contributed by atoms with E-state index in [1.807, 2.05) is 12.1 Å². The number of fused-ring (bicyclic) bond motifs is 1. The fourth-order valence-corrected chi connectivity index (χ4v) is 3.55. The van der Waals surface area contributed by atoms with Crippen LogP contribution in [-0.4, -0.2) is 40.3 Å². The number of nitrogens with one attached hydrogen (secondary N) is 2. The first-order chi connectivity index (χ1) is 14.5. The van der Waals surface area contributed by atoms with Gasteiger partial charge in [-0.2, -0.15) is 10.1 Å². The quantitative estimate of drug-likeness (QED) is 0.572. The maximum Gasteiger partial charge on any atom is 0.262 e. The highest BCUT2D eigenvalue weighted by molar-refractivity contribution is 9.10. The zero-order chi connectivity index (χ0) is 21.1. The molecule has 1 aromatic heterocycles. The maximum absolute atomic E-state index is 12.3. The van der Waals surface area contributed by atoms with Crippen LogP contribution >= 0.6 is 15.9 Å². The fraction of sp³-hybridized carbons (Fsp3) is 0.200. The van der Waals surface area contributed by atoms with E-state index in [1.54, 1.807) is 42.1 Å². The minimum absolute atomic E-state index is 0.163. The number of rotatable bonds is 6. The van der Waals surface area contributed by atoms with Crippen molar-refractivity contribution >= 4 is 39.4 Å². The number of carbonyl (C=O) groups excluding carboxylic acids is 2. The van der Waals surface area contributed by atoms with E-state index in [4.69, 9.17) is 9.47 Å². The summed E-state index contributed by atoms with van der Waals surface area (Å²) in [5.41, 5.74) is 1.36. The number of halogens is 1. The van der Waals surface area contributed by atoms with E-state index in [9.17, 15) is 9.59 Å². The number of hydrogen-bond acceptors (Lipinski definition) is 6. The molecule has 154 valence electrons. The van der Waals surface area contributed by atoms with Gasteiger partial charge < -0.3 is 14.8 Å². The van der Waals surface area contributed by atoms with Gasteiger partial charge in [-0.05, 0) is 42.5 Å². The summed E-state index contributed by atoms with van der Waals surface area (Å²) in [6.07, 6.45) is 1.57. The lowest BCUT2D eigenvalue weighted by atomic mass is 10.0. The molecule has 0 saturated carbocycles. The number of aromatic nitrogens is 3. The molecular formula is C20H18BrN5O4. The number of anilines is 2. The van der Waals surface area contributed by atoms with Crippen molar-refractivity contribution in [3.63, 3.8) is 0 Å². The van der Waals surface area contributed by atoms with E-state index < -0.39 is 6.04 Å². The number of amides is 2. The highest BCUT2D eigenvalue weighted by Gasteiger charge is 2.30. The summed E-state index contributed by atoms with van der Waals surface area (Å²) in [4.78, 5) is 28.5. The Hall–Kier alpha value is -3.40. The summed E-state index contributed by atoms with van der Waals surface area (Å²) < 4.78 is 13.4. The second-order valence-corrected chi connectivity index (χ2v) is 7.46. The normalized spacial score (nSPS) is 15.1. The highest BCUT2D eigenvalue weighted by Crippen LogP contribution is 2.36. The maximum atomic E-state index is 12.3. The molecule has 1 aliphatic heterocycles. The van der Waals surface area contributed by atoms with Gasteiger partial charge in [-0.15, -0.1) is 0 Å². The van der Waals surface area contributed by atoms with Gasteiger partial charge in [0.05, 0.1) is 19.6 Å². The van der Waals surface area contributed by atoms with Crippen LogP contribution in [0.5, 0.6) is 11.5 Å². The molecule has 2 aromatic carbocycles. The molecule has 10 heteroatoms. The Morgan fingerprint density at radius 3 is 2.87 bits per heavy atom. The lowest BCUT2D eigenvalue weighted by Crippen LogP contribution is -2.30. The number of hydrogen-bond donors (Lipinski definition) is 2. The first-order valence-corrected chi connectivity index (χ1v) is 9.88. The number of methoxy groups -OCH3 is 1. The third kappa shape index (κ3) is 4.28. The molecule has 2 heterocycles. The summed E-state index contributed by atoms with van der Waals surface area (Å²) in [7, 11) is 1.58. The standard InChI is InChI=1S/C20H18BrN5O4/c1-29-14-5-3-13(4-6-14)24-19(28)10-30-17-7-2-12(21)8-15(17)16-9-18(27)25-20-22-11-23-26(16)20/h2-8,11,16H,9-10H2,1H3,(H,24,28)(H,22,23,25,27)/t16-/m0/s1. The third-order valence-electron chi connectivity index (χ3n) is 4.56. The van der Waals surface area contributed by atoms with Gasteiger partial charge in [0.15, 0.2) is 6.61 Å². The summed E-state index contributed by atoms with van der Waals surface area (Å²) in [5.74, 6) is 1.09. The Bertz CT molecular complexity index is 1080. The summed E-state index contributed by atoms with van der Waals surface area (Å²) >= 11 is 3.45. The van der Waals surface area contributed by atoms with Crippen molar-refractivity contribution in [1.29, 1.82) is 0 Å². The molecule has 1 aliphatic rings. The minimum atomic E-state index is -0.395. The van der Waals surface area contributed by atoms with Gasteiger partial charge in [0.25, 0.3) is 5.91 Å². The van der Waals surface area contributed by atoms with Gasteiger partial charge in [0.2, 0.25) is 11.9 Å². The first-order valence-electron chi connectivity index (χ1n) is 9.09. The summed E-state index contributed by atoms with van der Waals surface area (Å²) in [6, 6.07) is 12.0. The fourth-order valence-electron chi connectivity index (χ4n) is 3.17. The van der Waals surface area contributed by atoms with E-state index >= 15 is 0 Å². The zero-order valence-electron chi connectivity index (χ0n) is 16.0. The van der Waals surface area contributed by atoms with E-state index in [1.165, 1.54) is 6.33 Å². The van der Waals surface area contributed by atoms with Crippen LogP contribution in [-0.2, 0) is 9.59 Å². The van der Waals surface area contributed by atoms with Crippen LogP contribution in [0.1, 0.15) is 18.0 Å². The zero-order valence-corrected chi connectivity index (χ0v) is 17.5. The number of benzene rings is 2. The van der Waals surface area contributed by atoms with Crippen LogP contribution in [0.15, 0.2) is 53.3 Å². The second-order valence-electron chi connectivity index (χ2n) is 6.54. The number of ether oxygens (including phenoxy) is 2. The monoisotopic (exact) mass is 471 g/mol. The molecule has 0 fully saturated rings. The Morgan fingerprint density at radius 1 is 1.30 bits per heavy atom. The Labute approximate surface area is 180 Å². The van der Waals surface area contributed by atoms with Gasteiger partial charge in [0, 0.05) is 15.7 Å². The molecule has 0 saturated heterocycles. The van der Waals surface area contributed by atoms with Gasteiger partial charge in [-0.3, -0.25) is 14.9 Å². The van der Waals surface area contributed by atoms with Gasteiger partial charge in [0.1, 0.15) is 17.8 Å². The molecule has 2 amide bonds. The molecule has 3 aromatic rings.